The molecule has 6 nitrogen and oxygen atoms in total. The molecule has 0 radical (unpaired) electrons. The molecule has 0 atom stereocenters. The van der Waals surface area contributed by atoms with Crippen LogP contribution in [-0.2, 0) is 0 Å². The smallest absolute Gasteiger partial charge is 0.291 e. The van der Waals surface area contributed by atoms with E-state index >= 15 is 0 Å². The van der Waals surface area contributed by atoms with Crippen molar-refractivity contribution in [2.75, 3.05) is 5.43 Å². The molecule has 0 fully saturated rings. The molecule has 1 heterocycles. The fourth-order valence-corrected chi connectivity index (χ4v) is 2.07. The minimum absolute atomic E-state index is 0.111. The van der Waals surface area contributed by atoms with Crippen LogP contribution < -0.4 is 10.9 Å². The Morgan fingerprint density at radius 3 is 2.61 bits per heavy atom. The highest BCUT2D eigenvalue weighted by atomic mass is 35.5. The summed E-state index contributed by atoms with van der Waals surface area (Å²) in [4.78, 5) is 12.0. The molecule has 116 valence electrons. The number of hydrogen-bond acceptors (Lipinski definition) is 4. The zero-order chi connectivity index (χ0) is 16.2. The number of para-hydroxylation sites is 1. The summed E-state index contributed by atoms with van der Waals surface area (Å²) in [6.45, 7) is 0. The Morgan fingerprint density at radius 2 is 1.87 bits per heavy atom. The summed E-state index contributed by atoms with van der Waals surface area (Å²) in [5.41, 5.74) is 6.38. The Morgan fingerprint density at radius 1 is 1.13 bits per heavy atom. The molecule has 0 spiro atoms. The van der Waals surface area contributed by atoms with Gasteiger partial charge in [0.2, 0.25) is 0 Å². The van der Waals surface area contributed by atoms with Crippen LogP contribution in [0.4, 0.5) is 10.1 Å². The van der Waals surface area contributed by atoms with E-state index in [0.717, 1.165) is 0 Å². The molecule has 1 amide bonds. The molecule has 8 heteroatoms. The van der Waals surface area contributed by atoms with Crippen molar-refractivity contribution in [3.8, 4) is 5.69 Å². The van der Waals surface area contributed by atoms with Crippen molar-refractivity contribution in [2.45, 2.75) is 0 Å². The lowest BCUT2D eigenvalue weighted by Crippen LogP contribution is -2.29. The van der Waals surface area contributed by atoms with Gasteiger partial charge in [-0.3, -0.25) is 15.6 Å². The first-order valence-electron chi connectivity index (χ1n) is 6.62. The summed E-state index contributed by atoms with van der Waals surface area (Å²) in [6, 6.07) is 12.6. The molecule has 0 unspecified atom stereocenters. The van der Waals surface area contributed by atoms with Crippen molar-refractivity contribution in [1.29, 1.82) is 0 Å². The highest BCUT2D eigenvalue weighted by molar-refractivity contribution is 6.32. The maximum atomic E-state index is 12.8. The Kier molecular flexibility index (Phi) is 4.20. The van der Waals surface area contributed by atoms with Crippen LogP contribution in [0.15, 0.2) is 54.7 Å². The van der Waals surface area contributed by atoms with Gasteiger partial charge in [-0.2, -0.15) is 0 Å². The molecule has 0 bridgehead atoms. The average molecular weight is 332 g/mol. The number of carbonyl (C=O) groups is 1. The van der Waals surface area contributed by atoms with Crippen LogP contribution >= 0.6 is 11.6 Å². The number of rotatable bonds is 4. The number of nitrogens with zero attached hydrogens (tertiary/aromatic N) is 3. The SMILES string of the molecule is O=C(NNc1ccc(F)cc1)c1cn(-c2ccccc2Cl)nn1. The van der Waals surface area contributed by atoms with Gasteiger partial charge >= 0.3 is 0 Å². The Balaban J connectivity index is 1.69. The van der Waals surface area contributed by atoms with Gasteiger partial charge in [-0.05, 0) is 36.4 Å². The van der Waals surface area contributed by atoms with Crippen LogP contribution in [0.3, 0.4) is 0 Å². The molecule has 0 aliphatic carbocycles. The molecule has 0 aliphatic heterocycles. The van der Waals surface area contributed by atoms with Gasteiger partial charge in [-0.25, -0.2) is 9.07 Å². The predicted octanol–water partition coefficient (Wildman–Crippen LogP) is 2.82. The van der Waals surface area contributed by atoms with Crippen LogP contribution in [0.5, 0.6) is 0 Å². The fourth-order valence-electron chi connectivity index (χ4n) is 1.85. The molecule has 0 saturated carbocycles. The first kappa shape index (κ1) is 15.0. The van der Waals surface area contributed by atoms with Gasteiger partial charge in [0, 0.05) is 0 Å². The highest BCUT2D eigenvalue weighted by Gasteiger charge is 2.12. The van der Waals surface area contributed by atoms with Crippen LogP contribution in [-0.4, -0.2) is 20.9 Å². The maximum absolute atomic E-state index is 12.8. The normalized spacial score (nSPS) is 10.3. The van der Waals surface area contributed by atoms with Crippen molar-refractivity contribution < 1.29 is 9.18 Å². The monoisotopic (exact) mass is 331 g/mol. The summed E-state index contributed by atoms with van der Waals surface area (Å²) >= 11 is 6.07. The number of aromatic nitrogens is 3. The van der Waals surface area contributed by atoms with Crippen molar-refractivity contribution in [1.82, 2.24) is 20.4 Å². The average Bonchev–Trinajstić information content (AvgIpc) is 3.04. The van der Waals surface area contributed by atoms with Gasteiger partial charge in [0.1, 0.15) is 5.82 Å². The van der Waals surface area contributed by atoms with E-state index < -0.39 is 5.91 Å². The Hall–Kier alpha value is -2.93. The summed E-state index contributed by atoms with van der Waals surface area (Å²) < 4.78 is 14.2. The Bertz CT molecular complexity index is 834. The lowest BCUT2D eigenvalue weighted by atomic mass is 10.3. The number of hydrogen-bond donors (Lipinski definition) is 2. The summed E-state index contributed by atoms with van der Waals surface area (Å²) in [6.07, 6.45) is 1.46. The van der Waals surface area contributed by atoms with E-state index in [0.29, 0.717) is 16.4 Å². The molecule has 1 aromatic heterocycles. The molecule has 3 aromatic rings. The molecular formula is C15H11ClFN5O. The number of hydrazine groups is 1. The van der Waals surface area contributed by atoms with E-state index in [9.17, 15) is 9.18 Å². The largest absolute Gasteiger partial charge is 0.298 e. The Labute approximate surface area is 135 Å². The number of amides is 1. The number of benzene rings is 2. The molecule has 0 aliphatic rings. The second kappa shape index (κ2) is 6.45. The van der Waals surface area contributed by atoms with Crippen molar-refractivity contribution >= 4 is 23.2 Å². The quantitative estimate of drug-likeness (QED) is 0.721. The lowest BCUT2D eigenvalue weighted by Gasteiger charge is -2.06. The van der Waals surface area contributed by atoms with Gasteiger partial charge in [0.15, 0.2) is 5.69 Å². The maximum Gasteiger partial charge on any atom is 0.291 e. The van der Waals surface area contributed by atoms with E-state index in [2.05, 4.69) is 21.2 Å². The first-order chi connectivity index (χ1) is 11.1. The zero-order valence-corrected chi connectivity index (χ0v) is 12.5. The van der Waals surface area contributed by atoms with E-state index in [1.54, 1.807) is 24.3 Å². The van der Waals surface area contributed by atoms with Gasteiger partial charge in [0.05, 0.1) is 22.6 Å². The highest BCUT2D eigenvalue weighted by Crippen LogP contribution is 2.18. The fraction of sp³-hybridized carbons (Fsp3) is 0. The zero-order valence-electron chi connectivity index (χ0n) is 11.7. The van der Waals surface area contributed by atoms with E-state index in [-0.39, 0.29) is 11.5 Å². The molecule has 2 aromatic carbocycles. The van der Waals surface area contributed by atoms with Crippen molar-refractivity contribution in [2.24, 2.45) is 0 Å². The number of anilines is 1. The van der Waals surface area contributed by atoms with Gasteiger partial charge in [-0.1, -0.05) is 28.9 Å². The third-order valence-electron chi connectivity index (χ3n) is 2.99. The van der Waals surface area contributed by atoms with E-state index in [4.69, 9.17) is 11.6 Å². The third-order valence-corrected chi connectivity index (χ3v) is 3.31. The number of carbonyl (C=O) groups excluding carboxylic acids is 1. The molecule has 23 heavy (non-hydrogen) atoms. The topological polar surface area (TPSA) is 71.8 Å². The van der Waals surface area contributed by atoms with Crippen LogP contribution in [0.2, 0.25) is 5.02 Å². The second-order valence-corrected chi connectivity index (χ2v) is 4.99. The lowest BCUT2D eigenvalue weighted by molar-refractivity contribution is 0.0957. The van der Waals surface area contributed by atoms with Crippen molar-refractivity contribution in [3.63, 3.8) is 0 Å². The van der Waals surface area contributed by atoms with Crippen molar-refractivity contribution in [3.05, 3.63) is 71.3 Å². The summed E-state index contributed by atoms with van der Waals surface area (Å²) in [7, 11) is 0. The molecule has 0 saturated heterocycles. The third kappa shape index (κ3) is 3.46. The van der Waals surface area contributed by atoms with Crippen LogP contribution in [0.1, 0.15) is 10.5 Å². The summed E-state index contributed by atoms with van der Waals surface area (Å²) in [5, 5.41) is 8.18. The van der Waals surface area contributed by atoms with E-state index in [1.807, 2.05) is 0 Å². The second-order valence-electron chi connectivity index (χ2n) is 4.59. The minimum Gasteiger partial charge on any atom is -0.298 e. The van der Waals surface area contributed by atoms with Gasteiger partial charge < -0.3 is 0 Å². The summed E-state index contributed by atoms with van der Waals surface area (Å²) in [5.74, 6) is -0.836. The first-order valence-corrected chi connectivity index (χ1v) is 7.00. The van der Waals surface area contributed by atoms with Crippen LogP contribution in [0, 0.1) is 5.82 Å². The molecule has 2 N–H and O–H groups in total. The minimum atomic E-state index is -0.479. The van der Waals surface area contributed by atoms with E-state index in [1.165, 1.54) is 35.1 Å². The number of nitrogens with one attached hydrogen (secondary N) is 2. The molecule has 3 rings (SSSR count). The number of halogens is 2. The van der Waals surface area contributed by atoms with Gasteiger partial charge in [0.25, 0.3) is 5.91 Å². The molecular weight excluding hydrogens is 321 g/mol. The van der Waals surface area contributed by atoms with Crippen LogP contribution in [0.25, 0.3) is 5.69 Å². The predicted molar refractivity (Wildman–Crippen MR) is 83.9 cm³/mol. The van der Waals surface area contributed by atoms with Gasteiger partial charge in [-0.15, -0.1) is 5.10 Å². The standard InChI is InChI=1S/C15H11ClFN5O/c16-12-3-1-2-4-14(12)22-9-13(19-21-22)15(23)20-18-11-7-5-10(17)6-8-11/h1-9,18H,(H,20,23).